The summed E-state index contributed by atoms with van der Waals surface area (Å²) in [6.45, 7) is 0. The third-order valence-corrected chi connectivity index (χ3v) is 1.75. The second-order valence-corrected chi connectivity index (χ2v) is 3.07. The Balaban J connectivity index is 2.99. The van der Waals surface area contributed by atoms with Crippen LogP contribution in [-0.4, -0.2) is 12.1 Å². The zero-order chi connectivity index (χ0) is 8.97. The van der Waals surface area contributed by atoms with E-state index in [0.29, 0.717) is 18.0 Å². The molecule has 0 saturated heterocycles. The number of rotatable bonds is 2. The lowest BCUT2D eigenvalue weighted by Gasteiger charge is -2.01. The van der Waals surface area contributed by atoms with E-state index in [0.717, 1.165) is 4.47 Å². The molecule has 0 spiro atoms. The Morgan fingerprint density at radius 1 is 1.67 bits per heavy atom. The fraction of sp³-hybridized carbons (Fsp3) is 0.250. The number of aromatic nitrogens is 1. The summed E-state index contributed by atoms with van der Waals surface area (Å²) in [5, 5.41) is 8.43. The molecule has 0 unspecified atom stereocenters. The number of hydrogen-bond donors (Lipinski definition) is 0. The molecule has 0 atom stereocenters. The quantitative estimate of drug-likeness (QED) is 0.775. The van der Waals surface area contributed by atoms with Crippen LogP contribution >= 0.6 is 15.9 Å². The van der Waals surface area contributed by atoms with Crippen molar-refractivity contribution >= 4 is 15.9 Å². The summed E-state index contributed by atoms with van der Waals surface area (Å²) < 4.78 is 5.81. The number of nitrogens with zero attached hydrogens (tertiary/aromatic N) is 2. The molecule has 4 heteroatoms. The van der Waals surface area contributed by atoms with Crippen molar-refractivity contribution in [2.45, 2.75) is 6.42 Å². The molecule has 0 N–H and O–H groups in total. The van der Waals surface area contributed by atoms with E-state index in [1.165, 1.54) is 0 Å². The van der Waals surface area contributed by atoms with Gasteiger partial charge in [0.05, 0.1) is 25.3 Å². The smallest absolute Gasteiger partial charge is 0.214 e. The largest absolute Gasteiger partial charge is 0.481 e. The van der Waals surface area contributed by atoms with Gasteiger partial charge in [-0.05, 0) is 6.07 Å². The van der Waals surface area contributed by atoms with Crippen LogP contribution in [0, 0.1) is 11.3 Å². The minimum atomic E-state index is 0.301. The van der Waals surface area contributed by atoms with Crippen molar-refractivity contribution < 1.29 is 4.74 Å². The number of hydrogen-bond acceptors (Lipinski definition) is 3. The van der Waals surface area contributed by atoms with Crippen molar-refractivity contribution in [2.75, 3.05) is 7.11 Å². The minimum Gasteiger partial charge on any atom is -0.481 e. The SMILES string of the molecule is COc1cc(Br)cc(CC#N)n1. The van der Waals surface area contributed by atoms with E-state index in [1.54, 1.807) is 19.2 Å². The van der Waals surface area contributed by atoms with Crippen molar-refractivity contribution in [1.29, 1.82) is 5.26 Å². The van der Waals surface area contributed by atoms with Gasteiger partial charge >= 0.3 is 0 Å². The average molecular weight is 227 g/mol. The van der Waals surface area contributed by atoms with Crippen LogP contribution in [-0.2, 0) is 6.42 Å². The van der Waals surface area contributed by atoms with Gasteiger partial charge in [0, 0.05) is 10.5 Å². The van der Waals surface area contributed by atoms with Crippen LogP contribution in [0.3, 0.4) is 0 Å². The maximum atomic E-state index is 8.43. The van der Waals surface area contributed by atoms with Gasteiger partial charge in [0.25, 0.3) is 0 Å². The molecule has 0 bridgehead atoms. The summed E-state index contributed by atoms with van der Waals surface area (Å²) in [6, 6.07) is 5.57. The molecule has 1 rings (SSSR count). The third kappa shape index (κ3) is 2.21. The number of halogens is 1. The molecular formula is C8H7BrN2O. The monoisotopic (exact) mass is 226 g/mol. The summed E-state index contributed by atoms with van der Waals surface area (Å²) in [6.07, 6.45) is 0.301. The van der Waals surface area contributed by atoms with Gasteiger partial charge in [0.15, 0.2) is 0 Å². The van der Waals surface area contributed by atoms with Crippen LogP contribution < -0.4 is 4.74 Å². The highest BCUT2D eigenvalue weighted by Crippen LogP contribution is 2.17. The van der Waals surface area contributed by atoms with Crippen molar-refractivity contribution in [3.63, 3.8) is 0 Å². The molecule has 0 aromatic carbocycles. The topological polar surface area (TPSA) is 45.9 Å². The molecule has 0 radical (unpaired) electrons. The summed E-state index contributed by atoms with van der Waals surface area (Å²) in [7, 11) is 1.55. The third-order valence-electron chi connectivity index (χ3n) is 1.29. The molecule has 62 valence electrons. The molecule has 0 aliphatic heterocycles. The second kappa shape index (κ2) is 4.07. The fourth-order valence-electron chi connectivity index (χ4n) is 0.801. The lowest BCUT2D eigenvalue weighted by molar-refractivity contribution is 0.396. The van der Waals surface area contributed by atoms with E-state index in [4.69, 9.17) is 10.00 Å². The molecule has 12 heavy (non-hydrogen) atoms. The van der Waals surface area contributed by atoms with E-state index < -0.39 is 0 Å². The number of pyridine rings is 1. The molecule has 0 aliphatic carbocycles. The van der Waals surface area contributed by atoms with E-state index in [-0.39, 0.29) is 0 Å². The Morgan fingerprint density at radius 2 is 2.42 bits per heavy atom. The van der Waals surface area contributed by atoms with Gasteiger partial charge < -0.3 is 4.74 Å². The van der Waals surface area contributed by atoms with E-state index in [2.05, 4.69) is 20.9 Å². The number of nitriles is 1. The Morgan fingerprint density at radius 3 is 3.00 bits per heavy atom. The normalized spacial score (nSPS) is 9.08. The highest BCUT2D eigenvalue weighted by Gasteiger charge is 1.99. The van der Waals surface area contributed by atoms with E-state index >= 15 is 0 Å². The summed E-state index contributed by atoms with van der Waals surface area (Å²) in [5.74, 6) is 0.523. The second-order valence-electron chi connectivity index (χ2n) is 2.15. The van der Waals surface area contributed by atoms with Crippen LogP contribution in [0.2, 0.25) is 0 Å². The molecule has 0 saturated carbocycles. The Labute approximate surface area is 79.1 Å². The maximum absolute atomic E-state index is 8.43. The number of ether oxygens (including phenoxy) is 1. The lowest BCUT2D eigenvalue weighted by Crippen LogP contribution is -1.92. The Hall–Kier alpha value is -1.08. The van der Waals surface area contributed by atoms with Crippen LogP contribution in [0.15, 0.2) is 16.6 Å². The van der Waals surface area contributed by atoms with Gasteiger partial charge in [0.1, 0.15) is 0 Å². The standard InChI is InChI=1S/C8H7BrN2O/c1-12-8-5-6(9)4-7(11-8)2-3-10/h4-5H,2H2,1H3. The fourth-order valence-corrected chi connectivity index (χ4v) is 1.26. The number of methoxy groups -OCH3 is 1. The molecule has 0 fully saturated rings. The van der Waals surface area contributed by atoms with Gasteiger partial charge in [0.2, 0.25) is 5.88 Å². The highest BCUT2D eigenvalue weighted by molar-refractivity contribution is 9.10. The van der Waals surface area contributed by atoms with Crippen LogP contribution in [0.4, 0.5) is 0 Å². The molecule has 0 amide bonds. The summed E-state index contributed by atoms with van der Waals surface area (Å²) in [4.78, 5) is 4.07. The minimum absolute atomic E-state index is 0.301. The van der Waals surface area contributed by atoms with Gasteiger partial charge in [-0.2, -0.15) is 5.26 Å². The van der Waals surface area contributed by atoms with Gasteiger partial charge in [-0.1, -0.05) is 15.9 Å². The van der Waals surface area contributed by atoms with Crippen molar-refractivity contribution in [3.05, 3.63) is 22.3 Å². The van der Waals surface area contributed by atoms with Crippen molar-refractivity contribution in [2.24, 2.45) is 0 Å². The molecule has 1 aromatic heterocycles. The van der Waals surface area contributed by atoms with Crippen LogP contribution in [0.1, 0.15) is 5.69 Å². The molecular weight excluding hydrogens is 220 g/mol. The first-order valence-corrected chi connectivity index (χ1v) is 4.13. The first kappa shape index (κ1) is 9.01. The zero-order valence-electron chi connectivity index (χ0n) is 6.54. The maximum Gasteiger partial charge on any atom is 0.214 e. The molecule has 3 nitrogen and oxygen atoms in total. The Kier molecular flexibility index (Phi) is 3.06. The lowest BCUT2D eigenvalue weighted by atomic mass is 10.3. The van der Waals surface area contributed by atoms with Crippen LogP contribution in [0.5, 0.6) is 5.88 Å². The van der Waals surface area contributed by atoms with Gasteiger partial charge in [-0.25, -0.2) is 4.98 Å². The molecule has 1 aromatic rings. The summed E-state index contributed by atoms with van der Waals surface area (Å²) >= 11 is 3.29. The highest BCUT2D eigenvalue weighted by atomic mass is 79.9. The first-order chi connectivity index (χ1) is 5.76. The van der Waals surface area contributed by atoms with E-state index in [1.807, 2.05) is 6.07 Å². The van der Waals surface area contributed by atoms with Crippen molar-refractivity contribution in [3.8, 4) is 11.9 Å². The molecule has 1 heterocycles. The molecule has 0 aliphatic rings. The predicted octanol–water partition coefficient (Wildman–Crippen LogP) is 1.92. The van der Waals surface area contributed by atoms with Crippen molar-refractivity contribution in [1.82, 2.24) is 4.98 Å². The zero-order valence-corrected chi connectivity index (χ0v) is 8.13. The first-order valence-electron chi connectivity index (χ1n) is 3.33. The summed E-state index contributed by atoms with van der Waals surface area (Å²) in [5.41, 5.74) is 0.712. The van der Waals surface area contributed by atoms with Gasteiger partial charge in [-0.3, -0.25) is 0 Å². The predicted molar refractivity (Wildman–Crippen MR) is 47.8 cm³/mol. The van der Waals surface area contributed by atoms with E-state index in [9.17, 15) is 0 Å². The average Bonchev–Trinajstić information content (AvgIpc) is 2.04. The Bertz CT molecular complexity index is 319. The van der Waals surface area contributed by atoms with Gasteiger partial charge in [-0.15, -0.1) is 0 Å². The van der Waals surface area contributed by atoms with Crippen LogP contribution in [0.25, 0.3) is 0 Å².